The molecule has 6 nitrogen and oxygen atoms in total. The zero-order valence-corrected chi connectivity index (χ0v) is 15.6. The van der Waals surface area contributed by atoms with Crippen LogP contribution in [0.3, 0.4) is 0 Å². The first-order valence-corrected chi connectivity index (χ1v) is 9.35. The van der Waals surface area contributed by atoms with Crippen LogP contribution in [-0.2, 0) is 10.2 Å². The molecule has 0 atom stereocenters. The highest BCUT2D eigenvalue weighted by molar-refractivity contribution is 5.82. The molecule has 1 aliphatic heterocycles. The molecule has 1 fully saturated rings. The number of piperidine rings is 1. The van der Waals surface area contributed by atoms with Crippen LogP contribution in [-0.4, -0.2) is 39.5 Å². The van der Waals surface area contributed by atoms with Crippen LogP contribution in [0, 0.1) is 5.82 Å². The van der Waals surface area contributed by atoms with Crippen LogP contribution >= 0.6 is 0 Å². The molecule has 0 saturated carbocycles. The van der Waals surface area contributed by atoms with Crippen LogP contribution in [0.5, 0.6) is 5.75 Å². The van der Waals surface area contributed by atoms with E-state index in [0.29, 0.717) is 42.8 Å². The predicted octanol–water partition coefficient (Wildman–Crippen LogP) is 3.61. The zero-order valence-electron chi connectivity index (χ0n) is 15.6. The van der Waals surface area contributed by atoms with Crippen molar-refractivity contribution in [2.24, 2.45) is 0 Å². The second kappa shape index (κ2) is 7.50. The lowest BCUT2D eigenvalue weighted by molar-refractivity contribution is -0.144. The largest absolute Gasteiger partial charge is 0.507 e. The summed E-state index contributed by atoms with van der Waals surface area (Å²) in [5.41, 5.74) is 1.54. The maximum atomic E-state index is 13.3. The highest BCUT2D eigenvalue weighted by Crippen LogP contribution is 2.38. The summed E-state index contributed by atoms with van der Waals surface area (Å²) < 4.78 is 13.3. The minimum Gasteiger partial charge on any atom is -0.507 e. The summed E-state index contributed by atoms with van der Waals surface area (Å²) in [4.78, 5) is 14.2. The summed E-state index contributed by atoms with van der Waals surface area (Å²) in [7, 11) is 0. The van der Waals surface area contributed by atoms with E-state index in [1.807, 2.05) is 12.1 Å². The molecule has 0 amide bonds. The Morgan fingerprint density at radius 2 is 1.76 bits per heavy atom. The van der Waals surface area contributed by atoms with Crippen molar-refractivity contribution in [1.29, 1.82) is 0 Å². The molecule has 4 rings (SSSR count). The molecule has 0 spiro atoms. The fourth-order valence-electron chi connectivity index (χ4n) is 3.89. The molecule has 0 radical (unpaired) electrons. The van der Waals surface area contributed by atoms with Crippen molar-refractivity contribution < 1.29 is 19.4 Å². The molecule has 2 aromatic carbocycles. The molecule has 0 unspecified atom stereocenters. The Kier molecular flexibility index (Phi) is 4.88. The molecule has 29 heavy (non-hydrogen) atoms. The van der Waals surface area contributed by atoms with E-state index in [0.717, 1.165) is 5.69 Å². The lowest BCUT2D eigenvalue weighted by atomic mass is 9.72. The fraction of sp³-hybridized carbons (Fsp3) is 0.227. The number of para-hydroxylation sites is 1. The average molecular weight is 393 g/mol. The number of nitrogens with zero attached hydrogens (tertiary/aromatic N) is 3. The van der Waals surface area contributed by atoms with Gasteiger partial charge in [-0.1, -0.05) is 24.3 Å². The van der Waals surface area contributed by atoms with Gasteiger partial charge in [0.15, 0.2) is 0 Å². The maximum Gasteiger partial charge on any atom is 0.314 e. The van der Waals surface area contributed by atoms with Gasteiger partial charge < -0.3 is 15.1 Å². The molecule has 3 aromatic rings. The molecule has 1 aliphatic rings. The number of benzene rings is 2. The van der Waals surface area contributed by atoms with E-state index in [9.17, 15) is 19.4 Å². The van der Waals surface area contributed by atoms with Crippen molar-refractivity contribution in [2.45, 2.75) is 18.3 Å². The molecule has 2 heterocycles. The third-order valence-electron chi connectivity index (χ3n) is 5.61. The number of aliphatic carboxylic acids is 1. The summed E-state index contributed by atoms with van der Waals surface area (Å²) in [6.07, 6.45) is 2.42. The van der Waals surface area contributed by atoms with Crippen molar-refractivity contribution in [2.75, 3.05) is 18.0 Å². The van der Waals surface area contributed by atoms with Gasteiger partial charge in [-0.05, 0) is 48.7 Å². The second-order valence-electron chi connectivity index (χ2n) is 7.20. The van der Waals surface area contributed by atoms with E-state index in [1.54, 1.807) is 36.5 Å². The highest BCUT2D eigenvalue weighted by Gasteiger charge is 2.43. The number of hydrogen-bond acceptors (Lipinski definition) is 5. The number of aromatic nitrogens is 2. The Balaban J connectivity index is 1.58. The van der Waals surface area contributed by atoms with Gasteiger partial charge in [-0.3, -0.25) is 4.79 Å². The summed E-state index contributed by atoms with van der Waals surface area (Å²) >= 11 is 0. The number of carboxylic acids is 1. The van der Waals surface area contributed by atoms with Crippen molar-refractivity contribution in [1.82, 2.24) is 10.2 Å². The predicted molar refractivity (Wildman–Crippen MR) is 106 cm³/mol. The lowest BCUT2D eigenvalue weighted by Gasteiger charge is -2.40. The number of hydrogen-bond donors (Lipinski definition) is 2. The molecule has 1 saturated heterocycles. The molecule has 0 bridgehead atoms. The number of phenols is 1. The number of halogens is 1. The summed E-state index contributed by atoms with van der Waals surface area (Å²) in [5.74, 6) is -1.16. The van der Waals surface area contributed by atoms with E-state index >= 15 is 0 Å². The van der Waals surface area contributed by atoms with Gasteiger partial charge in [0.1, 0.15) is 11.6 Å². The molecule has 1 aromatic heterocycles. The monoisotopic (exact) mass is 393 g/mol. The summed E-state index contributed by atoms with van der Waals surface area (Å²) in [6, 6.07) is 14.5. The van der Waals surface area contributed by atoms with E-state index in [2.05, 4.69) is 15.1 Å². The quantitative estimate of drug-likeness (QED) is 0.704. The van der Waals surface area contributed by atoms with Crippen LogP contribution in [0.4, 0.5) is 10.1 Å². The number of carbonyl (C=O) groups is 1. The molecule has 0 aliphatic carbocycles. The Labute approximate surface area is 167 Å². The van der Waals surface area contributed by atoms with E-state index < -0.39 is 11.4 Å². The minimum absolute atomic E-state index is 0.124. The smallest absolute Gasteiger partial charge is 0.314 e. The van der Waals surface area contributed by atoms with Gasteiger partial charge in [-0.15, -0.1) is 0 Å². The topological polar surface area (TPSA) is 86.5 Å². The third-order valence-corrected chi connectivity index (χ3v) is 5.61. The summed E-state index contributed by atoms with van der Waals surface area (Å²) in [6.45, 7) is 1.02. The first-order valence-electron chi connectivity index (χ1n) is 9.35. The van der Waals surface area contributed by atoms with Gasteiger partial charge in [0.05, 0.1) is 23.0 Å². The normalized spacial score (nSPS) is 15.8. The van der Waals surface area contributed by atoms with Gasteiger partial charge in [-0.2, -0.15) is 10.2 Å². The van der Waals surface area contributed by atoms with E-state index in [4.69, 9.17) is 0 Å². The first-order chi connectivity index (χ1) is 14.0. The van der Waals surface area contributed by atoms with Gasteiger partial charge in [0.2, 0.25) is 0 Å². The number of aromatic hydroxyl groups is 1. The Bertz CT molecular complexity index is 1030. The number of rotatable bonds is 4. The van der Waals surface area contributed by atoms with Gasteiger partial charge in [0, 0.05) is 18.7 Å². The highest BCUT2D eigenvalue weighted by atomic mass is 19.1. The molecular formula is C22H20FN3O3. The molecule has 2 N–H and O–H groups in total. The van der Waals surface area contributed by atoms with Crippen LogP contribution in [0.1, 0.15) is 18.4 Å². The second-order valence-corrected chi connectivity index (χ2v) is 7.20. The Hall–Kier alpha value is -3.48. The third kappa shape index (κ3) is 3.51. The van der Waals surface area contributed by atoms with Crippen LogP contribution in [0.2, 0.25) is 0 Å². The Morgan fingerprint density at radius 3 is 2.41 bits per heavy atom. The SMILES string of the molecule is O=C(O)C1(c2ccc(F)cc2)CCN(c2cnnc(-c3ccccc3O)c2)CC1. The maximum absolute atomic E-state index is 13.3. The Morgan fingerprint density at radius 1 is 1.07 bits per heavy atom. The van der Waals surface area contributed by atoms with Gasteiger partial charge in [-0.25, -0.2) is 4.39 Å². The summed E-state index contributed by atoms with van der Waals surface area (Å²) in [5, 5.41) is 28.2. The van der Waals surface area contributed by atoms with E-state index in [-0.39, 0.29) is 11.6 Å². The standard InChI is InChI=1S/C22H20FN3O3/c23-16-7-5-15(6-8-16)22(21(28)29)9-11-26(12-10-22)17-13-19(25-24-14-17)18-3-1-2-4-20(18)27/h1-8,13-14,27H,9-12H2,(H,28,29). The van der Waals surface area contributed by atoms with Crippen LogP contribution in [0.15, 0.2) is 60.8 Å². The number of anilines is 1. The lowest BCUT2D eigenvalue weighted by Crippen LogP contribution is -2.47. The van der Waals surface area contributed by atoms with Gasteiger partial charge >= 0.3 is 5.97 Å². The van der Waals surface area contributed by atoms with Crippen molar-refractivity contribution in [3.63, 3.8) is 0 Å². The molecular weight excluding hydrogens is 373 g/mol. The van der Waals surface area contributed by atoms with Gasteiger partial charge in [0.25, 0.3) is 0 Å². The minimum atomic E-state index is -1.04. The number of phenolic OH excluding ortho intramolecular Hbond substituents is 1. The average Bonchev–Trinajstić information content (AvgIpc) is 2.74. The van der Waals surface area contributed by atoms with Crippen molar-refractivity contribution >= 4 is 11.7 Å². The van der Waals surface area contributed by atoms with Crippen molar-refractivity contribution in [3.05, 3.63) is 72.2 Å². The molecule has 7 heteroatoms. The van der Waals surface area contributed by atoms with E-state index in [1.165, 1.54) is 12.1 Å². The number of carboxylic acid groups (broad SMARTS) is 1. The zero-order chi connectivity index (χ0) is 20.4. The van der Waals surface area contributed by atoms with Crippen LogP contribution < -0.4 is 4.90 Å². The fourth-order valence-corrected chi connectivity index (χ4v) is 3.89. The first kappa shape index (κ1) is 18.9. The van der Waals surface area contributed by atoms with Crippen LogP contribution in [0.25, 0.3) is 11.3 Å². The molecule has 148 valence electrons. The van der Waals surface area contributed by atoms with Crippen molar-refractivity contribution in [3.8, 4) is 17.0 Å².